The molecule has 3 rings (SSSR count). The average molecular weight is 431 g/mol. The van der Waals surface area contributed by atoms with E-state index in [1.165, 1.54) is 49.9 Å². The van der Waals surface area contributed by atoms with E-state index in [0.717, 1.165) is 71.3 Å². The number of hydrogen-bond acceptors (Lipinski definition) is 4. The molecule has 0 radical (unpaired) electrons. The van der Waals surface area contributed by atoms with Gasteiger partial charge >= 0.3 is 0 Å². The normalized spacial score (nSPS) is 19.2. The molecule has 2 fully saturated rings. The predicted molar refractivity (Wildman–Crippen MR) is 127 cm³/mol. The quantitative estimate of drug-likeness (QED) is 0.338. The monoisotopic (exact) mass is 430 g/mol. The number of hydrogen-bond donors (Lipinski definition) is 2. The SMILES string of the molecule is CN=C(NCCCOCC1CCOCC1)NCc1ccccc1CN1CCCCCC1. The summed E-state index contributed by atoms with van der Waals surface area (Å²) in [5.41, 5.74) is 2.78. The molecule has 174 valence electrons. The summed E-state index contributed by atoms with van der Waals surface area (Å²) in [7, 11) is 1.83. The Bertz CT molecular complexity index is 638. The first kappa shape index (κ1) is 24.0. The van der Waals surface area contributed by atoms with Crippen LogP contribution in [0.3, 0.4) is 0 Å². The van der Waals surface area contributed by atoms with E-state index in [1.807, 2.05) is 7.05 Å². The molecule has 2 heterocycles. The van der Waals surface area contributed by atoms with Gasteiger partial charge in [-0.3, -0.25) is 9.89 Å². The predicted octanol–water partition coefficient (Wildman–Crippen LogP) is 3.56. The maximum atomic E-state index is 5.85. The third kappa shape index (κ3) is 9.17. The largest absolute Gasteiger partial charge is 0.381 e. The molecule has 0 unspecified atom stereocenters. The number of aliphatic imine (C=N–C) groups is 1. The minimum absolute atomic E-state index is 0.672. The first-order valence-corrected chi connectivity index (χ1v) is 12.2. The standard InChI is InChI=1S/C25H42N4O2/c1-26-25(27-13-8-16-31-21-22-11-17-30-18-12-22)28-19-23-9-4-5-10-24(23)20-29-14-6-2-3-7-15-29/h4-5,9-10,22H,2-3,6-8,11-21H2,1H3,(H2,26,27,28). The van der Waals surface area contributed by atoms with E-state index < -0.39 is 0 Å². The fraction of sp³-hybridized carbons (Fsp3) is 0.720. The minimum Gasteiger partial charge on any atom is -0.381 e. The lowest BCUT2D eigenvalue weighted by molar-refractivity contribution is 0.0203. The van der Waals surface area contributed by atoms with Crippen molar-refractivity contribution in [3.8, 4) is 0 Å². The highest BCUT2D eigenvalue weighted by Gasteiger charge is 2.14. The molecule has 6 nitrogen and oxygen atoms in total. The second kappa shape index (κ2) is 14.4. The summed E-state index contributed by atoms with van der Waals surface area (Å²) in [6.45, 7) is 8.59. The van der Waals surface area contributed by atoms with Gasteiger partial charge in [0.1, 0.15) is 0 Å². The summed E-state index contributed by atoms with van der Waals surface area (Å²) in [6, 6.07) is 8.80. The van der Waals surface area contributed by atoms with E-state index in [2.05, 4.69) is 44.8 Å². The van der Waals surface area contributed by atoms with Crippen LogP contribution in [0.4, 0.5) is 0 Å². The van der Waals surface area contributed by atoms with Crippen molar-refractivity contribution in [1.29, 1.82) is 0 Å². The van der Waals surface area contributed by atoms with Gasteiger partial charge in [-0.1, -0.05) is 37.1 Å². The van der Waals surface area contributed by atoms with Gasteiger partial charge in [0.25, 0.3) is 0 Å². The van der Waals surface area contributed by atoms with Gasteiger partial charge in [0.2, 0.25) is 0 Å². The van der Waals surface area contributed by atoms with Crippen LogP contribution in [-0.4, -0.2) is 64.0 Å². The molecule has 0 bridgehead atoms. The fourth-order valence-corrected chi connectivity index (χ4v) is 4.36. The van der Waals surface area contributed by atoms with Crippen molar-refractivity contribution in [2.45, 2.75) is 58.0 Å². The van der Waals surface area contributed by atoms with Gasteiger partial charge in [-0.2, -0.15) is 0 Å². The van der Waals surface area contributed by atoms with Gasteiger partial charge in [0, 0.05) is 53.1 Å². The first-order valence-electron chi connectivity index (χ1n) is 12.2. The van der Waals surface area contributed by atoms with Crippen LogP contribution in [0, 0.1) is 5.92 Å². The number of likely N-dealkylation sites (tertiary alicyclic amines) is 1. The zero-order chi connectivity index (χ0) is 21.6. The second-order valence-corrected chi connectivity index (χ2v) is 8.80. The Kier molecular flexibility index (Phi) is 11.2. The van der Waals surface area contributed by atoms with Crippen molar-refractivity contribution < 1.29 is 9.47 Å². The van der Waals surface area contributed by atoms with Gasteiger partial charge in [0.15, 0.2) is 5.96 Å². The van der Waals surface area contributed by atoms with Gasteiger partial charge in [0.05, 0.1) is 0 Å². The zero-order valence-electron chi connectivity index (χ0n) is 19.4. The van der Waals surface area contributed by atoms with Crippen LogP contribution in [0.15, 0.2) is 29.3 Å². The Hall–Kier alpha value is -1.63. The van der Waals surface area contributed by atoms with Crippen LogP contribution in [0.1, 0.15) is 56.1 Å². The van der Waals surface area contributed by atoms with Crippen molar-refractivity contribution in [3.63, 3.8) is 0 Å². The van der Waals surface area contributed by atoms with Gasteiger partial charge in [-0.25, -0.2) is 0 Å². The maximum absolute atomic E-state index is 5.85. The minimum atomic E-state index is 0.672. The molecule has 1 aromatic carbocycles. The highest BCUT2D eigenvalue weighted by atomic mass is 16.5. The molecule has 0 amide bonds. The fourth-order valence-electron chi connectivity index (χ4n) is 4.36. The van der Waals surface area contributed by atoms with E-state index in [9.17, 15) is 0 Å². The molecule has 31 heavy (non-hydrogen) atoms. The maximum Gasteiger partial charge on any atom is 0.191 e. The Balaban J connectivity index is 1.34. The number of guanidine groups is 1. The molecule has 2 saturated heterocycles. The lowest BCUT2D eigenvalue weighted by Gasteiger charge is -2.22. The third-order valence-corrected chi connectivity index (χ3v) is 6.33. The second-order valence-electron chi connectivity index (χ2n) is 8.80. The van der Waals surface area contributed by atoms with Gasteiger partial charge in [-0.15, -0.1) is 0 Å². The number of benzene rings is 1. The Morgan fingerprint density at radius 2 is 1.81 bits per heavy atom. The van der Waals surface area contributed by atoms with Crippen LogP contribution in [-0.2, 0) is 22.6 Å². The summed E-state index contributed by atoms with van der Waals surface area (Å²) in [5.74, 6) is 1.53. The molecule has 6 heteroatoms. The zero-order valence-corrected chi connectivity index (χ0v) is 19.4. The number of ether oxygens (including phenoxy) is 2. The Labute approximate surface area is 188 Å². The Morgan fingerprint density at radius 1 is 1.06 bits per heavy atom. The molecule has 2 aliphatic heterocycles. The van der Waals surface area contributed by atoms with Crippen LogP contribution in [0.25, 0.3) is 0 Å². The number of rotatable bonds is 10. The topological polar surface area (TPSA) is 58.1 Å². The molecule has 1 aromatic rings. The summed E-state index contributed by atoms with van der Waals surface area (Å²) in [5, 5.41) is 6.90. The van der Waals surface area contributed by atoms with E-state index >= 15 is 0 Å². The van der Waals surface area contributed by atoms with Gasteiger partial charge < -0.3 is 20.1 Å². The van der Waals surface area contributed by atoms with E-state index in [0.29, 0.717) is 5.92 Å². The number of nitrogens with zero attached hydrogens (tertiary/aromatic N) is 2. The van der Waals surface area contributed by atoms with Crippen molar-refractivity contribution in [2.24, 2.45) is 10.9 Å². The van der Waals surface area contributed by atoms with Crippen LogP contribution in [0.5, 0.6) is 0 Å². The van der Waals surface area contributed by atoms with E-state index in [-0.39, 0.29) is 0 Å². The summed E-state index contributed by atoms with van der Waals surface area (Å²) < 4.78 is 11.3. The van der Waals surface area contributed by atoms with E-state index in [4.69, 9.17) is 9.47 Å². The van der Waals surface area contributed by atoms with Crippen molar-refractivity contribution in [2.75, 3.05) is 53.1 Å². The lowest BCUT2D eigenvalue weighted by Crippen LogP contribution is -2.38. The molecule has 2 aliphatic rings. The average Bonchev–Trinajstić information content (AvgIpc) is 3.08. The van der Waals surface area contributed by atoms with Crippen LogP contribution >= 0.6 is 0 Å². The summed E-state index contributed by atoms with van der Waals surface area (Å²) in [4.78, 5) is 6.99. The molecule has 0 aromatic heterocycles. The smallest absolute Gasteiger partial charge is 0.191 e. The molecule has 0 aliphatic carbocycles. The van der Waals surface area contributed by atoms with Gasteiger partial charge in [-0.05, 0) is 62.2 Å². The van der Waals surface area contributed by atoms with Crippen molar-refractivity contribution >= 4 is 5.96 Å². The lowest BCUT2D eigenvalue weighted by atomic mass is 10.0. The third-order valence-electron chi connectivity index (χ3n) is 6.33. The molecule has 2 N–H and O–H groups in total. The summed E-state index contributed by atoms with van der Waals surface area (Å²) >= 11 is 0. The highest BCUT2D eigenvalue weighted by molar-refractivity contribution is 5.79. The summed E-state index contributed by atoms with van der Waals surface area (Å²) in [6.07, 6.45) is 8.66. The van der Waals surface area contributed by atoms with E-state index in [1.54, 1.807) is 0 Å². The molecule has 0 spiro atoms. The number of nitrogens with one attached hydrogen (secondary N) is 2. The van der Waals surface area contributed by atoms with Crippen molar-refractivity contribution in [3.05, 3.63) is 35.4 Å². The van der Waals surface area contributed by atoms with Crippen LogP contribution < -0.4 is 10.6 Å². The molecule has 0 saturated carbocycles. The molecule has 0 atom stereocenters. The molecular formula is C25H42N4O2. The van der Waals surface area contributed by atoms with Crippen molar-refractivity contribution in [1.82, 2.24) is 15.5 Å². The molecular weight excluding hydrogens is 388 g/mol. The highest BCUT2D eigenvalue weighted by Crippen LogP contribution is 2.16. The Morgan fingerprint density at radius 3 is 2.55 bits per heavy atom. The van der Waals surface area contributed by atoms with Crippen LogP contribution in [0.2, 0.25) is 0 Å². The first-order chi connectivity index (χ1) is 15.3.